The van der Waals surface area contributed by atoms with E-state index in [-0.39, 0.29) is 47.0 Å². The number of carboxylic acid groups (broad SMARTS) is 2. The molecule has 0 radical (unpaired) electrons. The van der Waals surface area contributed by atoms with Gasteiger partial charge >= 0.3 is 11.9 Å². The van der Waals surface area contributed by atoms with Gasteiger partial charge in [-0.2, -0.15) is 0 Å². The SMILES string of the molecule is CN(C)C(=O)C[N+]1(CC(=O)O)CC[N+]2(CC1)CC[N+](CC(=O)O)(CC(=O)N(C)C)CC2. The van der Waals surface area contributed by atoms with Gasteiger partial charge in [0, 0.05) is 28.2 Å². The van der Waals surface area contributed by atoms with Gasteiger partial charge in [0.05, 0.1) is 0 Å². The fourth-order valence-corrected chi connectivity index (χ4v) is 4.77. The predicted molar refractivity (Wildman–Crippen MR) is 112 cm³/mol. The summed E-state index contributed by atoms with van der Waals surface area (Å²) in [5, 5.41) is 18.9. The van der Waals surface area contributed by atoms with Crippen LogP contribution in [0.25, 0.3) is 0 Å². The summed E-state index contributed by atoms with van der Waals surface area (Å²) in [5.74, 6) is -1.96. The minimum absolute atomic E-state index is 0.0735. The third-order valence-electron chi connectivity index (χ3n) is 7.08. The number of aliphatic carboxylic acids is 2. The van der Waals surface area contributed by atoms with Crippen molar-refractivity contribution in [2.24, 2.45) is 0 Å². The van der Waals surface area contributed by atoms with Crippen LogP contribution in [0.2, 0.25) is 0 Å². The van der Waals surface area contributed by atoms with Crippen molar-refractivity contribution < 1.29 is 42.8 Å². The van der Waals surface area contributed by atoms with Crippen LogP contribution in [0.15, 0.2) is 0 Å². The number of carbonyl (C=O) groups is 4. The summed E-state index contributed by atoms with van der Waals surface area (Å²) in [5.41, 5.74) is 0. The molecule has 0 aliphatic carbocycles. The zero-order valence-electron chi connectivity index (χ0n) is 19.2. The molecule has 2 saturated heterocycles. The molecule has 0 unspecified atom stereocenters. The van der Waals surface area contributed by atoms with Crippen molar-refractivity contribution in [1.82, 2.24) is 9.80 Å². The van der Waals surface area contributed by atoms with E-state index in [9.17, 15) is 29.4 Å². The summed E-state index contributed by atoms with van der Waals surface area (Å²) in [6, 6.07) is 0. The van der Waals surface area contributed by atoms with E-state index in [2.05, 4.69) is 0 Å². The van der Waals surface area contributed by atoms with Gasteiger partial charge in [0.15, 0.2) is 26.2 Å². The summed E-state index contributed by atoms with van der Waals surface area (Å²) < 4.78 is 1.30. The van der Waals surface area contributed by atoms with Crippen molar-refractivity contribution in [1.29, 1.82) is 0 Å². The molecule has 0 aromatic carbocycles. The van der Waals surface area contributed by atoms with Crippen molar-refractivity contribution in [3.63, 3.8) is 0 Å². The van der Waals surface area contributed by atoms with Crippen LogP contribution < -0.4 is 0 Å². The molecule has 0 aromatic heterocycles. The number of hydrogen-bond donors (Lipinski definition) is 2. The average molecular weight is 445 g/mol. The largest absolute Gasteiger partial charge is 0.477 e. The molecule has 0 aromatic rings. The van der Waals surface area contributed by atoms with E-state index in [0.717, 1.165) is 30.7 Å². The second kappa shape index (κ2) is 9.49. The second-order valence-electron chi connectivity index (χ2n) is 9.81. The van der Waals surface area contributed by atoms with Crippen LogP contribution in [0.3, 0.4) is 0 Å². The van der Waals surface area contributed by atoms with Crippen LogP contribution in [-0.2, 0) is 19.2 Å². The average Bonchev–Trinajstić information content (AvgIpc) is 2.65. The van der Waals surface area contributed by atoms with E-state index < -0.39 is 11.9 Å². The first-order valence-electron chi connectivity index (χ1n) is 10.7. The molecule has 2 heterocycles. The zero-order valence-corrected chi connectivity index (χ0v) is 19.2. The minimum Gasteiger partial charge on any atom is -0.477 e. The van der Waals surface area contributed by atoms with Gasteiger partial charge in [0.25, 0.3) is 11.8 Å². The highest BCUT2D eigenvalue weighted by atomic mass is 16.4. The smallest absolute Gasteiger partial charge is 0.359 e. The standard InChI is InChI=1S/C20H36N5O6/c1-21(2)17(26)13-24(15-19(28)29)9-5-23(6-10-24)7-11-25(12-8-23,16-20(30)31)14-18(27)22(3)4/h5-16H2,1-4H3/q+1/p+2. The van der Waals surface area contributed by atoms with Gasteiger partial charge in [0.2, 0.25) is 0 Å². The molecular weight excluding hydrogens is 406 g/mol. The summed E-state index contributed by atoms with van der Waals surface area (Å²) in [6.07, 6.45) is 0. The molecule has 2 amide bonds. The molecule has 2 aliphatic heterocycles. The fraction of sp³-hybridized carbons (Fsp3) is 0.800. The van der Waals surface area contributed by atoms with Crippen molar-refractivity contribution in [2.75, 3.05) is 107 Å². The Kier molecular flexibility index (Phi) is 7.66. The predicted octanol–water partition coefficient (Wildman–Crippen LogP) is -2.19. The van der Waals surface area contributed by atoms with E-state index >= 15 is 0 Å². The highest BCUT2D eigenvalue weighted by molar-refractivity contribution is 5.77. The maximum absolute atomic E-state index is 12.3. The molecule has 31 heavy (non-hydrogen) atoms. The first-order chi connectivity index (χ1) is 14.3. The van der Waals surface area contributed by atoms with Crippen LogP contribution in [0.5, 0.6) is 0 Å². The first kappa shape index (κ1) is 25.0. The van der Waals surface area contributed by atoms with Crippen molar-refractivity contribution >= 4 is 23.8 Å². The molecule has 11 nitrogen and oxygen atoms in total. The topological polar surface area (TPSA) is 115 Å². The molecule has 0 saturated carbocycles. The Bertz CT molecular complexity index is 643. The van der Waals surface area contributed by atoms with Crippen LogP contribution in [-0.4, -0.2) is 164 Å². The minimum atomic E-state index is -0.905. The Morgan fingerprint density at radius 2 is 0.871 bits per heavy atom. The van der Waals surface area contributed by atoms with Gasteiger partial charge in [-0.3, -0.25) is 18.6 Å². The van der Waals surface area contributed by atoms with Gasteiger partial charge in [-0.05, 0) is 0 Å². The normalized spacial score (nSPS) is 30.6. The summed E-state index contributed by atoms with van der Waals surface area (Å²) >= 11 is 0. The molecule has 2 fully saturated rings. The number of likely N-dealkylation sites (N-methyl/N-ethyl adjacent to an activating group) is 2. The molecule has 0 bridgehead atoms. The monoisotopic (exact) mass is 444 g/mol. The van der Waals surface area contributed by atoms with E-state index in [1.807, 2.05) is 0 Å². The maximum Gasteiger partial charge on any atom is 0.359 e. The Labute approximate surface area is 183 Å². The molecule has 0 atom stereocenters. The van der Waals surface area contributed by atoms with Gasteiger partial charge < -0.3 is 24.5 Å². The summed E-state index contributed by atoms with van der Waals surface area (Å²) in [4.78, 5) is 50.7. The number of carbonyl (C=O) groups excluding carboxylic acids is 2. The Morgan fingerprint density at radius 1 is 0.581 bits per heavy atom. The van der Waals surface area contributed by atoms with E-state index in [1.165, 1.54) is 9.80 Å². The number of carboxylic acids is 2. The number of hydrogen-bond acceptors (Lipinski definition) is 4. The highest BCUT2D eigenvalue weighted by Crippen LogP contribution is 2.25. The number of rotatable bonds is 8. The first-order valence-corrected chi connectivity index (χ1v) is 10.7. The Hall–Kier alpha value is -2.24. The van der Waals surface area contributed by atoms with Crippen molar-refractivity contribution in [3.8, 4) is 0 Å². The molecule has 2 aliphatic rings. The number of nitrogens with zero attached hydrogens (tertiary/aromatic N) is 5. The summed E-state index contributed by atoms with van der Waals surface area (Å²) in [6.45, 7) is 5.61. The van der Waals surface area contributed by atoms with Gasteiger partial charge in [-0.25, -0.2) is 9.59 Å². The fourth-order valence-electron chi connectivity index (χ4n) is 4.77. The van der Waals surface area contributed by atoms with Crippen LogP contribution in [0.4, 0.5) is 0 Å². The highest BCUT2D eigenvalue weighted by Gasteiger charge is 2.50. The number of amides is 2. The molecular formula is C20H38N5O6+3. The van der Waals surface area contributed by atoms with Gasteiger partial charge in [0.1, 0.15) is 52.4 Å². The Balaban J connectivity index is 2.09. The van der Waals surface area contributed by atoms with Crippen LogP contribution >= 0.6 is 0 Å². The zero-order chi connectivity index (χ0) is 23.4. The molecule has 2 N–H and O–H groups in total. The van der Waals surface area contributed by atoms with E-state index in [0.29, 0.717) is 26.2 Å². The summed E-state index contributed by atoms with van der Waals surface area (Å²) in [7, 11) is 6.71. The van der Waals surface area contributed by atoms with E-state index in [1.54, 1.807) is 28.2 Å². The van der Waals surface area contributed by atoms with Crippen molar-refractivity contribution in [2.45, 2.75) is 0 Å². The van der Waals surface area contributed by atoms with Crippen LogP contribution in [0.1, 0.15) is 0 Å². The quantitative estimate of drug-likeness (QED) is 0.411. The molecule has 11 heteroatoms. The van der Waals surface area contributed by atoms with Gasteiger partial charge in [-0.15, -0.1) is 0 Å². The lowest BCUT2D eigenvalue weighted by atomic mass is 10.1. The molecule has 2 rings (SSSR count). The second-order valence-corrected chi connectivity index (χ2v) is 9.81. The third-order valence-corrected chi connectivity index (χ3v) is 7.08. The van der Waals surface area contributed by atoms with Crippen molar-refractivity contribution in [3.05, 3.63) is 0 Å². The maximum atomic E-state index is 12.3. The van der Waals surface area contributed by atoms with Crippen LogP contribution in [0, 0.1) is 0 Å². The molecule has 1 spiro atoms. The lowest BCUT2D eigenvalue weighted by Gasteiger charge is -2.53. The number of quaternary nitrogens is 3. The molecule has 176 valence electrons. The Morgan fingerprint density at radius 3 is 1.10 bits per heavy atom. The van der Waals surface area contributed by atoms with E-state index in [4.69, 9.17) is 0 Å². The lowest BCUT2D eigenvalue weighted by Crippen LogP contribution is -2.75. The lowest BCUT2D eigenvalue weighted by molar-refractivity contribution is -1.07. The van der Waals surface area contributed by atoms with Gasteiger partial charge in [-0.1, -0.05) is 0 Å². The third kappa shape index (κ3) is 6.37. The number of piperazine rings is 2.